The molecule has 15 nitrogen and oxygen atoms in total. The van der Waals surface area contributed by atoms with Gasteiger partial charge in [0.05, 0.1) is 31.0 Å². The van der Waals surface area contributed by atoms with Crippen LogP contribution in [-0.2, 0) is 12.8 Å². The molecular weight excluding hydrogens is 714 g/mol. The van der Waals surface area contributed by atoms with E-state index in [-0.39, 0.29) is 40.8 Å². The first-order chi connectivity index (χ1) is 26.2. The van der Waals surface area contributed by atoms with Gasteiger partial charge in [0.2, 0.25) is 0 Å². The molecule has 55 heavy (non-hydrogen) atoms. The van der Waals surface area contributed by atoms with Gasteiger partial charge in [0, 0.05) is 54.0 Å². The van der Waals surface area contributed by atoms with Gasteiger partial charge in [-0.2, -0.15) is 10.2 Å². The van der Waals surface area contributed by atoms with Crippen LogP contribution in [0.3, 0.4) is 0 Å². The van der Waals surface area contributed by atoms with E-state index in [1.54, 1.807) is 29.0 Å². The van der Waals surface area contributed by atoms with Gasteiger partial charge in [-0.15, -0.1) is 0 Å². The molecule has 284 valence electrons. The van der Waals surface area contributed by atoms with E-state index < -0.39 is 17.2 Å². The Balaban J connectivity index is 0.000000155. The van der Waals surface area contributed by atoms with Crippen LogP contribution in [0.4, 0.5) is 20.4 Å². The highest BCUT2D eigenvalue weighted by Gasteiger charge is 2.39. The van der Waals surface area contributed by atoms with E-state index in [1.165, 1.54) is 41.2 Å². The maximum atomic E-state index is 14.2. The molecule has 1 amide bonds. The molecule has 6 aromatic rings. The summed E-state index contributed by atoms with van der Waals surface area (Å²) in [4.78, 5) is 32.8. The summed E-state index contributed by atoms with van der Waals surface area (Å²) in [6.45, 7) is 8.22. The number of amides is 1. The largest absolute Gasteiger partial charge is 0.485 e. The van der Waals surface area contributed by atoms with Gasteiger partial charge < -0.3 is 36.3 Å². The number of carboxylic acids is 1. The van der Waals surface area contributed by atoms with Gasteiger partial charge in [-0.3, -0.25) is 4.79 Å². The molecule has 17 heteroatoms. The van der Waals surface area contributed by atoms with Crippen molar-refractivity contribution in [3.8, 4) is 11.5 Å². The zero-order valence-electron chi connectivity index (χ0n) is 30.4. The zero-order valence-corrected chi connectivity index (χ0v) is 30.4. The second kappa shape index (κ2) is 13.2. The lowest BCUT2D eigenvalue weighted by atomic mass is 9.96. The number of nitrogens with one attached hydrogen (secondary N) is 3. The molecule has 0 radical (unpaired) electrons. The highest BCUT2D eigenvalue weighted by molar-refractivity contribution is 5.99. The Bertz CT molecular complexity index is 2520. The van der Waals surface area contributed by atoms with Crippen molar-refractivity contribution in [2.45, 2.75) is 63.8 Å². The van der Waals surface area contributed by atoms with Crippen molar-refractivity contribution in [2.24, 2.45) is 5.73 Å². The van der Waals surface area contributed by atoms with Crippen molar-refractivity contribution >= 4 is 34.8 Å². The summed E-state index contributed by atoms with van der Waals surface area (Å²) in [6, 6.07) is 8.77. The number of ether oxygens (including phenoxy) is 2. The SMILES string of the molecule is C[C@@H](Nc1ccn2ncc(C(=O)O)c2n1)c1cc(F)cc2c1O[C@@](C)(CN)C2.C[C@H]1Nc2ccn3ncc(c3n2)C(=O)NC[C@@]2(C)Cc3cc(F)cc1c3O2. The Morgan fingerprint density at radius 3 is 2.49 bits per heavy atom. The van der Waals surface area contributed by atoms with E-state index in [0.29, 0.717) is 65.8 Å². The second-order valence-electron chi connectivity index (χ2n) is 14.6. The van der Waals surface area contributed by atoms with Gasteiger partial charge in [-0.1, -0.05) is 0 Å². The number of benzene rings is 2. The molecule has 9 rings (SSSR count). The Labute approximate surface area is 312 Å². The number of hydrogen-bond acceptors (Lipinski definition) is 11. The predicted octanol–water partition coefficient (Wildman–Crippen LogP) is 4.87. The van der Waals surface area contributed by atoms with Gasteiger partial charge in [-0.05, 0) is 64.1 Å². The Hall–Kier alpha value is -6.36. The average Bonchev–Trinajstić information content (AvgIpc) is 3.92. The van der Waals surface area contributed by atoms with Crippen LogP contribution in [0.15, 0.2) is 61.2 Å². The first-order valence-electron chi connectivity index (χ1n) is 17.7. The van der Waals surface area contributed by atoms with E-state index in [9.17, 15) is 23.5 Å². The Morgan fingerprint density at radius 1 is 1.02 bits per heavy atom. The van der Waals surface area contributed by atoms with Crippen LogP contribution in [-0.4, -0.2) is 70.5 Å². The number of halogens is 2. The standard InChI is InChI=1S/C19H20FN5O3.C19H18FN5O2/c1-10(13-6-12(20)5-11-7-19(2,9-21)28-16(11)13)23-15-3-4-25-17(24-15)14(8-22-25)18(26)27;1-10-13-6-12(20)5-11-7-19(2,27-16(11)13)9-21-18(26)14-8-22-25-4-3-15(23-10)24-17(14)25/h3-6,8,10H,7,9,21H2,1-2H3,(H,23,24)(H,26,27);3-6,8,10H,7,9H2,1-2H3,(H,21,26)(H,23,24)/t2*10-,19-/m11/s1. The number of anilines is 2. The van der Waals surface area contributed by atoms with Crippen molar-refractivity contribution < 1.29 is 33.0 Å². The number of carbonyl (C=O) groups is 2. The summed E-state index contributed by atoms with van der Waals surface area (Å²) >= 11 is 0. The fourth-order valence-corrected chi connectivity index (χ4v) is 7.26. The monoisotopic (exact) mass is 752 g/mol. The van der Waals surface area contributed by atoms with Gasteiger partial charge in [0.25, 0.3) is 5.91 Å². The molecule has 4 aromatic heterocycles. The molecule has 0 saturated carbocycles. The number of aromatic nitrogens is 6. The lowest BCUT2D eigenvalue weighted by Crippen LogP contribution is -2.44. The number of rotatable bonds is 5. The topological polar surface area (TPSA) is 195 Å². The van der Waals surface area contributed by atoms with Crippen LogP contribution < -0.4 is 31.2 Å². The average molecular weight is 753 g/mol. The zero-order chi connectivity index (χ0) is 38.8. The van der Waals surface area contributed by atoms with E-state index in [2.05, 4.69) is 36.1 Å². The molecule has 0 spiro atoms. The van der Waals surface area contributed by atoms with Crippen LogP contribution in [0.2, 0.25) is 0 Å². The second-order valence-corrected chi connectivity index (χ2v) is 14.6. The number of fused-ring (bicyclic) bond motifs is 4. The highest BCUT2D eigenvalue weighted by atomic mass is 19.1. The van der Waals surface area contributed by atoms with Crippen molar-refractivity contribution in [1.82, 2.24) is 34.5 Å². The summed E-state index contributed by atoms with van der Waals surface area (Å²) in [7, 11) is 0. The van der Waals surface area contributed by atoms with Crippen LogP contribution >= 0.6 is 0 Å². The van der Waals surface area contributed by atoms with E-state index >= 15 is 0 Å². The minimum atomic E-state index is -1.11. The Kier molecular flexibility index (Phi) is 8.55. The molecule has 6 N–H and O–H groups in total. The lowest BCUT2D eigenvalue weighted by Gasteiger charge is -2.25. The first-order valence-corrected chi connectivity index (χ1v) is 17.7. The van der Waals surface area contributed by atoms with Gasteiger partial charge >= 0.3 is 5.97 Å². The lowest BCUT2D eigenvalue weighted by molar-refractivity contribution is 0.0698. The van der Waals surface area contributed by atoms with Crippen molar-refractivity contribution in [1.29, 1.82) is 0 Å². The Morgan fingerprint density at radius 2 is 1.73 bits per heavy atom. The summed E-state index contributed by atoms with van der Waals surface area (Å²) in [5, 5.41) is 26.8. The minimum absolute atomic E-state index is 0.00463. The van der Waals surface area contributed by atoms with E-state index in [1.807, 2.05) is 27.7 Å². The van der Waals surface area contributed by atoms with Crippen LogP contribution in [0.25, 0.3) is 11.3 Å². The first kappa shape index (κ1) is 35.7. The quantitative estimate of drug-likeness (QED) is 0.161. The van der Waals surface area contributed by atoms with E-state index in [0.717, 1.165) is 16.7 Å². The molecule has 3 aliphatic heterocycles. The smallest absolute Gasteiger partial charge is 0.341 e. The molecular formula is C38H38F2N10O5. The third-order valence-corrected chi connectivity index (χ3v) is 10.1. The number of nitrogens with zero attached hydrogens (tertiary/aromatic N) is 6. The highest BCUT2D eigenvalue weighted by Crippen LogP contribution is 2.43. The van der Waals surface area contributed by atoms with Gasteiger partial charge in [0.15, 0.2) is 11.3 Å². The van der Waals surface area contributed by atoms with Crippen LogP contribution in [0.1, 0.15) is 82.7 Å². The molecule has 4 bridgehead atoms. The molecule has 2 aromatic carbocycles. The summed E-state index contributed by atoms with van der Waals surface area (Å²) < 4.78 is 43.6. The number of nitrogens with two attached hydrogens (primary N) is 1. The molecule has 0 aliphatic carbocycles. The minimum Gasteiger partial charge on any atom is -0.485 e. The molecule has 3 aliphatic rings. The number of hydrogen-bond donors (Lipinski definition) is 5. The molecule has 7 heterocycles. The maximum absolute atomic E-state index is 14.2. The van der Waals surface area contributed by atoms with Crippen molar-refractivity contribution in [2.75, 3.05) is 23.7 Å². The fraction of sp³-hybridized carbons (Fsp3) is 0.316. The molecule has 4 atom stereocenters. The number of aromatic carboxylic acids is 1. The molecule has 0 fully saturated rings. The summed E-state index contributed by atoms with van der Waals surface area (Å²) in [6.07, 6.45) is 7.16. The van der Waals surface area contributed by atoms with Crippen molar-refractivity contribution in [3.05, 3.63) is 106 Å². The van der Waals surface area contributed by atoms with Crippen molar-refractivity contribution in [3.63, 3.8) is 0 Å². The summed E-state index contributed by atoms with van der Waals surface area (Å²) in [5.74, 6) is 0.299. The third-order valence-electron chi connectivity index (χ3n) is 10.1. The normalized spacial score (nSPS) is 21.5. The molecule has 0 saturated heterocycles. The van der Waals surface area contributed by atoms with Gasteiger partial charge in [-0.25, -0.2) is 32.6 Å². The molecule has 0 unspecified atom stereocenters. The predicted molar refractivity (Wildman–Crippen MR) is 197 cm³/mol. The van der Waals surface area contributed by atoms with Crippen LogP contribution in [0, 0.1) is 11.6 Å². The number of carbonyl (C=O) groups excluding carboxylic acids is 1. The third kappa shape index (κ3) is 6.60. The fourth-order valence-electron chi connectivity index (χ4n) is 7.26. The van der Waals surface area contributed by atoms with Gasteiger partial charge in [0.1, 0.15) is 57.1 Å². The van der Waals surface area contributed by atoms with E-state index in [4.69, 9.17) is 15.2 Å². The van der Waals surface area contributed by atoms with Crippen LogP contribution in [0.5, 0.6) is 11.5 Å². The summed E-state index contributed by atoms with van der Waals surface area (Å²) in [5.41, 5.74) is 8.67. The maximum Gasteiger partial charge on any atom is 0.341 e. The number of carboxylic acid groups (broad SMARTS) is 1.